The number of nitrogens with one attached hydrogen (secondary N) is 1. The van der Waals surface area contributed by atoms with E-state index in [0.29, 0.717) is 23.8 Å². The van der Waals surface area contributed by atoms with Gasteiger partial charge in [0.05, 0.1) is 13.3 Å². The highest BCUT2D eigenvalue weighted by atomic mass is 19.3. The van der Waals surface area contributed by atoms with Gasteiger partial charge in [0.1, 0.15) is 11.5 Å². The Morgan fingerprint density at radius 3 is 2.77 bits per heavy atom. The fourth-order valence-corrected chi connectivity index (χ4v) is 2.47. The third-order valence-electron chi connectivity index (χ3n) is 3.68. The van der Waals surface area contributed by atoms with Gasteiger partial charge in [-0.25, -0.2) is 0 Å². The SMILES string of the molecule is CN=C(NCc1ccc(OC)cc1OC(F)F)N(C)Cc1cnn(C)c1. The van der Waals surface area contributed by atoms with E-state index >= 15 is 0 Å². The minimum absolute atomic E-state index is 0.0669. The molecule has 0 aliphatic rings. The van der Waals surface area contributed by atoms with Crippen LogP contribution in [0, 0.1) is 0 Å². The van der Waals surface area contributed by atoms with Crippen LogP contribution in [-0.4, -0.2) is 48.5 Å². The Bertz CT molecular complexity index is 749. The molecule has 0 unspecified atom stereocenters. The van der Waals surface area contributed by atoms with Crippen LogP contribution in [0.3, 0.4) is 0 Å². The number of rotatable bonds is 7. The number of nitrogens with zero attached hydrogens (tertiary/aromatic N) is 4. The van der Waals surface area contributed by atoms with E-state index < -0.39 is 6.61 Å². The van der Waals surface area contributed by atoms with Crippen molar-refractivity contribution in [2.24, 2.45) is 12.0 Å². The first-order chi connectivity index (χ1) is 12.4. The summed E-state index contributed by atoms with van der Waals surface area (Å²) in [6.45, 7) is -2.03. The van der Waals surface area contributed by atoms with Gasteiger partial charge in [0.2, 0.25) is 0 Å². The number of methoxy groups -OCH3 is 1. The first-order valence-electron chi connectivity index (χ1n) is 7.94. The van der Waals surface area contributed by atoms with Gasteiger partial charge in [-0.3, -0.25) is 9.67 Å². The zero-order valence-electron chi connectivity index (χ0n) is 15.2. The molecular weight excluding hydrogens is 344 g/mol. The Morgan fingerprint density at radius 2 is 2.19 bits per heavy atom. The average Bonchev–Trinajstić information content (AvgIpc) is 3.00. The second-order valence-corrected chi connectivity index (χ2v) is 5.63. The lowest BCUT2D eigenvalue weighted by atomic mass is 10.2. The van der Waals surface area contributed by atoms with Gasteiger partial charge in [0.15, 0.2) is 5.96 Å². The summed E-state index contributed by atoms with van der Waals surface area (Å²) in [5.74, 6) is 1.13. The van der Waals surface area contributed by atoms with Crippen molar-refractivity contribution in [3.05, 3.63) is 41.7 Å². The van der Waals surface area contributed by atoms with E-state index in [9.17, 15) is 8.78 Å². The van der Waals surface area contributed by atoms with Gasteiger partial charge in [-0.1, -0.05) is 0 Å². The molecule has 0 amide bonds. The summed E-state index contributed by atoms with van der Waals surface area (Å²) < 4.78 is 36.7. The van der Waals surface area contributed by atoms with Crippen molar-refractivity contribution in [2.45, 2.75) is 19.7 Å². The normalized spacial score (nSPS) is 11.6. The minimum Gasteiger partial charge on any atom is -0.497 e. The Labute approximate surface area is 151 Å². The molecule has 0 atom stereocenters. The molecule has 0 aliphatic heterocycles. The third kappa shape index (κ3) is 5.33. The van der Waals surface area contributed by atoms with Crippen molar-refractivity contribution in [1.82, 2.24) is 20.0 Å². The number of hydrogen-bond acceptors (Lipinski definition) is 4. The van der Waals surface area contributed by atoms with Crippen LogP contribution in [0.15, 0.2) is 35.6 Å². The molecular formula is C17H23F2N5O2. The highest BCUT2D eigenvalue weighted by Crippen LogP contribution is 2.26. The van der Waals surface area contributed by atoms with Crippen molar-refractivity contribution in [1.29, 1.82) is 0 Å². The molecule has 0 saturated heterocycles. The van der Waals surface area contributed by atoms with Crippen molar-refractivity contribution >= 4 is 5.96 Å². The standard InChI is InChI=1S/C17H23F2N5O2/c1-20-17(23(2)10-12-8-22-24(3)11-12)21-9-13-5-6-14(25-4)7-15(13)26-16(18)19/h5-8,11,16H,9-10H2,1-4H3,(H,20,21). The molecule has 0 spiro atoms. The Hall–Kier alpha value is -2.84. The first-order valence-corrected chi connectivity index (χ1v) is 7.94. The Balaban J connectivity index is 2.05. The molecule has 142 valence electrons. The van der Waals surface area contributed by atoms with Crippen LogP contribution < -0.4 is 14.8 Å². The molecule has 26 heavy (non-hydrogen) atoms. The van der Waals surface area contributed by atoms with E-state index in [-0.39, 0.29) is 12.3 Å². The van der Waals surface area contributed by atoms with Crippen LogP contribution in [0.4, 0.5) is 8.78 Å². The number of hydrogen-bond donors (Lipinski definition) is 1. The summed E-state index contributed by atoms with van der Waals surface area (Å²) in [6.07, 6.45) is 3.70. The van der Waals surface area contributed by atoms with Gasteiger partial charge in [0, 0.05) is 57.6 Å². The highest BCUT2D eigenvalue weighted by Gasteiger charge is 2.13. The van der Waals surface area contributed by atoms with E-state index in [4.69, 9.17) is 4.74 Å². The summed E-state index contributed by atoms with van der Waals surface area (Å²) in [6, 6.07) is 4.81. The molecule has 9 heteroatoms. The maximum atomic E-state index is 12.7. The summed E-state index contributed by atoms with van der Waals surface area (Å²) in [4.78, 5) is 6.13. The lowest BCUT2D eigenvalue weighted by molar-refractivity contribution is -0.0505. The second kappa shape index (κ2) is 9.02. The maximum Gasteiger partial charge on any atom is 0.387 e. The predicted molar refractivity (Wildman–Crippen MR) is 94.5 cm³/mol. The van der Waals surface area contributed by atoms with Gasteiger partial charge >= 0.3 is 6.61 Å². The van der Waals surface area contributed by atoms with Gasteiger partial charge in [0.25, 0.3) is 0 Å². The lowest BCUT2D eigenvalue weighted by Crippen LogP contribution is -2.38. The van der Waals surface area contributed by atoms with E-state index in [0.717, 1.165) is 5.56 Å². The molecule has 0 bridgehead atoms. The fourth-order valence-electron chi connectivity index (χ4n) is 2.47. The minimum atomic E-state index is -2.91. The second-order valence-electron chi connectivity index (χ2n) is 5.63. The zero-order chi connectivity index (χ0) is 19.1. The van der Waals surface area contributed by atoms with E-state index in [2.05, 4.69) is 20.1 Å². The molecule has 1 aromatic carbocycles. The van der Waals surface area contributed by atoms with Crippen LogP contribution in [0.1, 0.15) is 11.1 Å². The summed E-state index contributed by atoms with van der Waals surface area (Å²) in [7, 11) is 6.86. The van der Waals surface area contributed by atoms with E-state index in [1.165, 1.54) is 13.2 Å². The number of aromatic nitrogens is 2. The van der Waals surface area contributed by atoms with Crippen LogP contribution in [0.5, 0.6) is 11.5 Å². The Morgan fingerprint density at radius 1 is 1.42 bits per heavy atom. The number of guanidine groups is 1. The lowest BCUT2D eigenvalue weighted by Gasteiger charge is -2.22. The fraction of sp³-hybridized carbons (Fsp3) is 0.412. The number of benzene rings is 1. The molecule has 0 saturated carbocycles. The molecule has 7 nitrogen and oxygen atoms in total. The number of halogens is 2. The van der Waals surface area contributed by atoms with Crippen molar-refractivity contribution in [3.8, 4) is 11.5 Å². The maximum absolute atomic E-state index is 12.7. The quantitative estimate of drug-likeness (QED) is 0.601. The molecule has 1 N–H and O–H groups in total. The van der Waals surface area contributed by atoms with Crippen LogP contribution >= 0.6 is 0 Å². The van der Waals surface area contributed by atoms with Gasteiger partial charge < -0.3 is 19.7 Å². The topological polar surface area (TPSA) is 63.9 Å². The summed E-state index contributed by atoms with van der Waals surface area (Å²) in [5.41, 5.74) is 1.60. The molecule has 1 aromatic heterocycles. The van der Waals surface area contributed by atoms with Crippen LogP contribution in [-0.2, 0) is 20.1 Å². The van der Waals surface area contributed by atoms with E-state index in [1.54, 1.807) is 30.1 Å². The van der Waals surface area contributed by atoms with Crippen molar-refractivity contribution in [3.63, 3.8) is 0 Å². The van der Waals surface area contributed by atoms with Crippen molar-refractivity contribution in [2.75, 3.05) is 21.2 Å². The Kier molecular flexibility index (Phi) is 6.76. The molecule has 2 aromatic rings. The third-order valence-corrected chi connectivity index (χ3v) is 3.68. The van der Waals surface area contributed by atoms with Crippen LogP contribution in [0.2, 0.25) is 0 Å². The van der Waals surface area contributed by atoms with Gasteiger partial charge in [-0.05, 0) is 12.1 Å². The monoisotopic (exact) mass is 367 g/mol. The zero-order valence-corrected chi connectivity index (χ0v) is 15.2. The summed E-state index contributed by atoms with van der Waals surface area (Å²) >= 11 is 0. The number of ether oxygens (including phenoxy) is 2. The molecule has 0 aliphatic carbocycles. The molecule has 0 fully saturated rings. The number of alkyl halides is 2. The highest BCUT2D eigenvalue weighted by molar-refractivity contribution is 5.79. The molecule has 1 heterocycles. The smallest absolute Gasteiger partial charge is 0.387 e. The van der Waals surface area contributed by atoms with Gasteiger partial charge in [-0.15, -0.1) is 0 Å². The molecule has 2 rings (SSSR count). The van der Waals surface area contributed by atoms with Gasteiger partial charge in [-0.2, -0.15) is 13.9 Å². The van der Waals surface area contributed by atoms with Crippen molar-refractivity contribution < 1.29 is 18.3 Å². The van der Waals surface area contributed by atoms with E-state index in [1.807, 2.05) is 25.2 Å². The average molecular weight is 367 g/mol. The number of aryl methyl sites for hydroxylation is 1. The molecule has 0 radical (unpaired) electrons. The largest absolute Gasteiger partial charge is 0.497 e. The van der Waals surface area contributed by atoms with Crippen LogP contribution in [0.25, 0.3) is 0 Å². The number of aliphatic imine (C=N–C) groups is 1. The first kappa shape index (κ1) is 19.5. The predicted octanol–water partition coefficient (Wildman–Crippen LogP) is 2.24. The summed E-state index contributed by atoms with van der Waals surface area (Å²) in [5, 5.41) is 7.28.